The molecule has 27 heavy (non-hydrogen) atoms. The fraction of sp³-hybridized carbons (Fsp3) is 0.526. The molecule has 146 valence electrons. The molecule has 1 saturated carbocycles. The van der Waals surface area contributed by atoms with E-state index in [2.05, 4.69) is 5.32 Å². The van der Waals surface area contributed by atoms with E-state index < -0.39 is 5.25 Å². The number of rotatable bonds is 5. The van der Waals surface area contributed by atoms with Crippen LogP contribution in [-0.2, 0) is 9.59 Å². The van der Waals surface area contributed by atoms with Crippen molar-refractivity contribution in [2.75, 3.05) is 19.5 Å². The summed E-state index contributed by atoms with van der Waals surface area (Å²) in [6, 6.07) is 5.30. The number of methoxy groups -OCH3 is 1. The van der Waals surface area contributed by atoms with Gasteiger partial charge in [0.15, 0.2) is 5.17 Å². The normalized spacial score (nSPS) is 22.3. The molecule has 0 radical (unpaired) electrons. The molecule has 3 rings (SSSR count). The third kappa shape index (κ3) is 4.96. The largest absolute Gasteiger partial charge is 0.495 e. The highest BCUT2D eigenvalue weighted by molar-refractivity contribution is 8.15. The van der Waals surface area contributed by atoms with Crippen LogP contribution in [0.2, 0.25) is 5.02 Å². The highest BCUT2D eigenvalue weighted by atomic mass is 35.5. The molecule has 0 bridgehead atoms. The molecule has 1 aromatic rings. The molecule has 1 aliphatic heterocycles. The van der Waals surface area contributed by atoms with E-state index in [0.29, 0.717) is 22.5 Å². The second-order valence-electron chi connectivity index (χ2n) is 6.80. The zero-order chi connectivity index (χ0) is 19.4. The van der Waals surface area contributed by atoms with E-state index in [4.69, 9.17) is 21.3 Å². The summed E-state index contributed by atoms with van der Waals surface area (Å²) in [5.74, 6) is 0.186. The number of thioether (sulfide) groups is 1. The molecule has 1 N–H and O–H groups in total. The SMILES string of the molecule is COc1ccc(Cl)cc1NC(=O)C[C@H]1SC(=NC2CCCCC2)N(C)C1=O. The lowest BCUT2D eigenvalue weighted by molar-refractivity contribution is -0.127. The van der Waals surface area contributed by atoms with Crippen LogP contribution in [-0.4, -0.2) is 47.3 Å². The minimum atomic E-state index is -0.456. The van der Waals surface area contributed by atoms with Crippen molar-refractivity contribution in [3.05, 3.63) is 23.2 Å². The van der Waals surface area contributed by atoms with Gasteiger partial charge in [-0.1, -0.05) is 42.6 Å². The Morgan fingerprint density at radius 2 is 2.11 bits per heavy atom. The van der Waals surface area contributed by atoms with Gasteiger partial charge >= 0.3 is 0 Å². The molecule has 0 spiro atoms. The van der Waals surface area contributed by atoms with Crippen LogP contribution < -0.4 is 10.1 Å². The van der Waals surface area contributed by atoms with E-state index >= 15 is 0 Å². The smallest absolute Gasteiger partial charge is 0.242 e. The Balaban J connectivity index is 1.63. The minimum Gasteiger partial charge on any atom is -0.495 e. The van der Waals surface area contributed by atoms with Crippen molar-refractivity contribution in [3.8, 4) is 5.75 Å². The molecule has 1 atom stereocenters. The van der Waals surface area contributed by atoms with Crippen molar-refractivity contribution in [2.24, 2.45) is 4.99 Å². The van der Waals surface area contributed by atoms with E-state index in [-0.39, 0.29) is 18.2 Å². The van der Waals surface area contributed by atoms with Crippen LogP contribution in [0.1, 0.15) is 38.5 Å². The molecule has 0 unspecified atom stereocenters. The number of carbonyl (C=O) groups excluding carboxylic acids is 2. The zero-order valence-electron chi connectivity index (χ0n) is 15.5. The van der Waals surface area contributed by atoms with Crippen LogP contribution in [0.3, 0.4) is 0 Å². The first-order valence-corrected chi connectivity index (χ1v) is 10.4. The predicted octanol–water partition coefficient (Wildman–Crippen LogP) is 3.94. The first-order valence-electron chi connectivity index (χ1n) is 9.13. The lowest BCUT2D eigenvalue weighted by Gasteiger charge is -2.19. The summed E-state index contributed by atoms with van der Waals surface area (Å²) in [4.78, 5) is 31.3. The van der Waals surface area contributed by atoms with Crippen LogP contribution in [0.15, 0.2) is 23.2 Å². The number of anilines is 1. The Morgan fingerprint density at radius 1 is 1.37 bits per heavy atom. The van der Waals surface area contributed by atoms with Crippen molar-refractivity contribution in [3.63, 3.8) is 0 Å². The number of ether oxygens (including phenoxy) is 1. The van der Waals surface area contributed by atoms with Gasteiger partial charge in [-0.25, -0.2) is 0 Å². The molecule has 6 nitrogen and oxygen atoms in total. The van der Waals surface area contributed by atoms with Crippen molar-refractivity contribution in [1.29, 1.82) is 0 Å². The third-order valence-corrected chi connectivity index (χ3v) is 6.29. The van der Waals surface area contributed by atoms with Crippen molar-refractivity contribution >= 4 is 46.0 Å². The van der Waals surface area contributed by atoms with Gasteiger partial charge in [0.1, 0.15) is 11.0 Å². The number of benzene rings is 1. The molecular weight excluding hydrogens is 386 g/mol. The first kappa shape index (κ1) is 20.0. The van der Waals surface area contributed by atoms with Crippen molar-refractivity contribution in [1.82, 2.24) is 4.90 Å². The number of nitrogens with zero attached hydrogens (tertiary/aromatic N) is 2. The van der Waals surface area contributed by atoms with E-state index in [0.717, 1.165) is 18.0 Å². The predicted molar refractivity (Wildman–Crippen MR) is 110 cm³/mol. The summed E-state index contributed by atoms with van der Waals surface area (Å²) >= 11 is 7.37. The number of hydrogen-bond acceptors (Lipinski definition) is 5. The maximum atomic E-state index is 12.5. The zero-order valence-corrected chi connectivity index (χ0v) is 17.1. The van der Waals surface area contributed by atoms with Gasteiger partial charge in [-0.05, 0) is 31.0 Å². The fourth-order valence-corrected chi connectivity index (χ4v) is 4.71. The minimum absolute atomic E-state index is 0.0766. The maximum absolute atomic E-state index is 12.5. The average molecular weight is 410 g/mol. The van der Waals surface area contributed by atoms with E-state index in [9.17, 15) is 9.59 Å². The van der Waals surface area contributed by atoms with Crippen LogP contribution >= 0.6 is 23.4 Å². The fourth-order valence-electron chi connectivity index (χ4n) is 3.33. The second-order valence-corrected chi connectivity index (χ2v) is 8.41. The summed E-state index contributed by atoms with van der Waals surface area (Å²) in [6.07, 6.45) is 5.87. The first-order chi connectivity index (χ1) is 13.0. The summed E-state index contributed by atoms with van der Waals surface area (Å²) in [6.45, 7) is 0. The standard InChI is InChI=1S/C19H24ClN3O3S/c1-23-18(25)16(27-19(23)21-13-6-4-3-5-7-13)11-17(24)22-14-10-12(20)8-9-15(14)26-2/h8-10,13,16H,3-7,11H2,1-2H3,(H,22,24)/t16-/m1/s1. The monoisotopic (exact) mass is 409 g/mol. The molecule has 8 heteroatoms. The molecule has 2 amide bonds. The topological polar surface area (TPSA) is 71.0 Å². The van der Waals surface area contributed by atoms with E-state index in [1.807, 2.05) is 0 Å². The Bertz CT molecular complexity index is 750. The molecule has 1 heterocycles. The van der Waals surface area contributed by atoms with Crippen LogP contribution in [0.25, 0.3) is 0 Å². The average Bonchev–Trinajstić information content (AvgIpc) is 2.90. The Kier molecular flexibility index (Phi) is 6.65. The molecule has 0 aromatic heterocycles. The van der Waals surface area contributed by atoms with Gasteiger partial charge in [-0.3, -0.25) is 19.5 Å². The number of carbonyl (C=O) groups is 2. The summed E-state index contributed by atoms with van der Waals surface area (Å²) in [7, 11) is 3.26. The highest BCUT2D eigenvalue weighted by Crippen LogP contribution is 2.32. The van der Waals surface area contributed by atoms with Crippen molar-refractivity contribution < 1.29 is 14.3 Å². The summed E-state index contributed by atoms with van der Waals surface area (Å²) < 4.78 is 5.24. The van der Waals surface area contributed by atoms with Gasteiger partial charge in [0.2, 0.25) is 11.8 Å². The van der Waals surface area contributed by atoms with Gasteiger partial charge < -0.3 is 10.1 Å². The Morgan fingerprint density at radius 3 is 2.81 bits per heavy atom. The Labute approximate surface area is 168 Å². The van der Waals surface area contributed by atoms with Gasteiger partial charge in [0.25, 0.3) is 0 Å². The summed E-state index contributed by atoms with van der Waals surface area (Å²) in [5, 5.41) is 3.56. The van der Waals surface area contributed by atoms with E-state index in [1.54, 1.807) is 30.1 Å². The Hall–Kier alpha value is -1.73. The molecule has 1 aromatic carbocycles. The summed E-state index contributed by atoms with van der Waals surface area (Å²) in [5.41, 5.74) is 0.495. The van der Waals surface area contributed by atoms with Crippen LogP contribution in [0, 0.1) is 0 Å². The van der Waals surface area contributed by atoms with Gasteiger partial charge in [-0.2, -0.15) is 0 Å². The molecule has 1 saturated heterocycles. The third-order valence-electron chi connectivity index (χ3n) is 4.81. The van der Waals surface area contributed by atoms with Crippen molar-refractivity contribution in [2.45, 2.75) is 49.8 Å². The number of amides is 2. The number of aliphatic imine (C=N–C) groups is 1. The number of nitrogens with one attached hydrogen (secondary N) is 1. The molecule has 1 aliphatic carbocycles. The van der Waals surface area contributed by atoms with Gasteiger partial charge in [0, 0.05) is 18.5 Å². The van der Waals surface area contributed by atoms with Gasteiger partial charge in [-0.15, -0.1) is 0 Å². The number of hydrogen-bond donors (Lipinski definition) is 1. The highest BCUT2D eigenvalue weighted by Gasteiger charge is 2.37. The van der Waals surface area contributed by atoms with Crippen LogP contribution in [0.5, 0.6) is 5.75 Å². The lowest BCUT2D eigenvalue weighted by atomic mass is 9.96. The molecule has 2 aliphatic rings. The van der Waals surface area contributed by atoms with E-state index in [1.165, 1.54) is 38.1 Å². The van der Waals surface area contributed by atoms with Gasteiger partial charge in [0.05, 0.1) is 18.8 Å². The number of halogens is 1. The quantitative estimate of drug-likeness (QED) is 0.799. The lowest BCUT2D eigenvalue weighted by Crippen LogP contribution is -2.30. The second kappa shape index (κ2) is 8.97. The maximum Gasteiger partial charge on any atom is 0.242 e. The number of amidine groups is 1. The molecule has 2 fully saturated rings. The molecular formula is C19H24ClN3O3S. The van der Waals surface area contributed by atoms with Crippen LogP contribution in [0.4, 0.5) is 5.69 Å².